The highest BCUT2D eigenvalue weighted by molar-refractivity contribution is 7.98. The van der Waals surface area contributed by atoms with Crippen molar-refractivity contribution in [3.8, 4) is 0 Å². The highest BCUT2D eigenvalue weighted by atomic mass is 32.2. The van der Waals surface area contributed by atoms with E-state index in [1.165, 1.54) is 11.8 Å². The zero-order valence-electron chi connectivity index (χ0n) is 45.4. The van der Waals surface area contributed by atoms with E-state index in [0.29, 0.717) is 44.3 Å². The highest BCUT2D eigenvalue weighted by Crippen LogP contribution is 2.12. The highest BCUT2D eigenvalue weighted by Gasteiger charge is 2.36. The Morgan fingerprint density at radius 1 is 0.557 bits per heavy atom. The Labute approximate surface area is 470 Å². The van der Waals surface area contributed by atoms with Crippen molar-refractivity contribution in [2.24, 2.45) is 45.3 Å². The SMILES string of the molecule is CC[C@H](C)[C@H](NC(=O)[C@H](CS)NC(=O)CNC(=O)[C@@H](N)CCSC)C(=O)N[C@@H](CCCCN)C(=O)N[C@@H](CO)C(=O)N[C@@H](CCCCN)C(=O)N[C@@H](CCCN=C(N)N)C(=O)N[C@@H](CCCCN)C(=O)N[C@@H](CC(=O)O)C(=O)O. The van der Waals surface area contributed by atoms with Crippen LogP contribution in [0.25, 0.3) is 0 Å². The first-order valence-corrected chi connectivity index (χ1v) is 28.2. The van der Waals surface area contributed by atoms with Gasteiger partial charge in [0.15, 0.2) is 5.96 Å². The fourth-order valence-corrected chi connectivity index (χ4v) is 8.07. The lowest BCUT2D eigenvalue weighted by molar-refractivity contribution is -0.147. The van der Waals surface area contributed by atoms with Crippen LogP contribution in [0.4, 0.5) is 0 Å². The molecule has 79 heavy (non-hydrogen) atoms. The second kappa shape index (κ2) is 41.9. The van der Waals surface area contributed by atoms with Crippen LogP contribution in [0.5, 0.6) is 0 Å². The quantitative estimate of drug-likeness (QED) is 0.0117. The number of amides is 9. The lowest BCUT2D eigenvalue weighted by atomic mass is 9.97. The molecule has 0 saturated heterocycles. The molecule has 0 spiro atoms. The third-order valence-electron chi connectivity index (χ3n) is 12.1. The molecular formula is C47H88N16O14S2. The van der Waals surface area contributed by atoms with Gasteiger partial charge in [0.25, 0.3) is 0 Å². The molecule has 0 aromatic heterocycles. The third kappa shape index (κ3) is 30.8. The Hall–Kier alpha value is -6.06. The first kappa shape index (κ1) is 72.9. The number of thiol groups is 1. The number of hydrogen-bond donors (Lipinski definition) is 19. The Kier molecular flexibility index (Phi) is 38.7. The molecule has 0 radical (unpaired) electrons. The van der Waals surface area contributed by atoms with Gasteiger partial charge in [0.05, 0.1) is 25.6 Å². The molecule has 0 saturated carbocycles. The molecule has 0 aromatic carbocycles. The van der Waals surface area contributed by atoms with E-state index in [4.69, 9.17) is 34.4 Å². The largest absolute Gasteiger partial charge is 0.481 e. The number of aliphatic carboxylic acids is 2. The molecule has 10 atom stereocenters. The van der Waals surface area contributed by atoms with E-state index in [0.717, 1.165) is 0 Å². The second-order valence-corrected chi connectivity index (χ2v) is 19.9. The van der Waals surface area contributed by atoms with Gasteiger partial charge in [-0.2, -0.15) is 24.4 Å². The van der Waals surface area contributed by atoms with Crippen LogP contribution in [0, 0.1) is 5.92 Å². The number of nitrogens with zero attached hydrogens (tertiary/aromatic N) is 1. The number of carbonyl (C=O) groups excluding carboxylic acids is 9. The number of aliphatic hydroxyl groups excluding tert-OH is 1. The molecule has 9 amide bonds. The van der Waals surface area contributed by atoms with E-state index >= 15 is 0 Å². The van der Waals surface area contributed by atoms with Crippen LogP contribution in [0.1, 0.15) is 104 Å². The van der Waals surface area contributed by atoms with Crippen molar-refractivity contribution >= 4 is 95.5 Å². The first-order chi connectivity index (χ1) is 37.4. The number of nitrogens with one attached hydrogen (secondary N) is 9. The summed E-state index contributed by atoms with van der Waals surface area (Å²) >= 11 is 5.69. The monoisotopic (exact) mass is 1160 g/mol. The van der Waals surface area contributed by atoms with Gasteiger partial charge in [-0.15, -0.1) is 0 Å². The van der Waals surface area contributed by atoms with Crippen LogP contribution in [0.3, 0.4) is 0 Å². The zero-order valence-corrected chi connectivity index (χ0v) is 47.1. The van der Waals surface area contributed by atoms with Gasteiger partial charge in [0.2, 0.25) is 53.2 Å². The maximum absolute atomic E-state index is 14.1. The van der Waals surface area contributed by atoms with Gasteiger partial charge in [-0.25, -0.2) is 4.79 Å². The minimum Gasteiger partial charge on any atom is -0.481 e. The predicted octanol–water partition coefficient (Wildman–Crippen LogP) is -5.97. The van der Waals surface area contributed by atoms with Crippen molar-refractivity contribution in [2.45, 2.75) is 158 Å². The normalized spacial score (nSPS) is 14.8. The van der Waals surface area contributed by atoms with E-state index in [1.54, 1.807) is 13.8 Å². The van der Waals surface area contributed by atoms with Gasteiger partial charge < -0.3 is 97.6 Å². The number of thioether (sulfide) groups is 1. The van der Waals surface area contributed by atoms with Gasteiger partial charge in [0.1, 0.15) is 48.3 Å². The van der Waals surface area contributed by atoms with Crippen LogP contribution in [0.15, 0.2) is 4.99 Å². The number of nitrogens with two attached hydrogens (primary N) is 6. The van der Waals surface area contributed by atoms with E-state index in [2.05, 4.69) is 65.5 Å². The summed E-state index contributed by atoms with van der Waals surface area (Å²) in [6, 6.07) is -12.6. The summed E-state index contributed by atoms with van der Waals surface area (Å²) in [7, 11) is 0. The summed E-state index contributed by atoms with van der Waals surface area (Å²) < 4.78 is 0. The smallest absolute Gasteiger partial charge is 0.326 e. The first-order valence-electron chi connectivity index (χ1n) is 26.2. The third-order valence-corrected chi connectivity index (χ3v) is 13.2. The molecule has 0 aliphatic heterocycles. The van der Waals surface area contributed by atoms with Crippen molar-refractivity contribution in [3.63, 3.8) is 0 Å². The molecule has 0 heterocycles. The van der Waals surface area contributed by atoms with E-state index < -0.39 is 145 Å². The molecule has 32 heteroatoms. The number of aliphatic hydroxyl groups is 1. The molecule has 0 aliphatic carbocycles. The molecule has 0 rings (SSSR count). The number of carboxylic acid groups (broad SMARTS) is 2. The van der Waals surface area contributed by atoms with Crippen molar-refractivity contribution in [1.29, 1.82) is 0 Å². The second-order valence-electron chi connectivity index (χ2n) is 18.6. The van der Waals surface area contributed by atoms with Crippen LogP contribution in [-0.4, -0.2) is 198 Å². The molecule has 24 N–H and O–H groups in total. The maximum atomic E-state index is 14.1. The van der Waals surface area contributed by atoms with E-state index in [1.807, 2.05) is 6.26 Å². The molecule has 0 aliphatic rings. The summed E-state index contributed by atoms with van der Waals surface area (Å²) in [5.74, 6) is -11.3. The predicted molar refractivity (Wildman–Crippen MR) is 298 cm³/mol. The van der Waals surface area contributed by atoms with Crippen LogP contribution < -0.4 is 82.3 Å². The van der Waals surface area contributed by atoms with Crippen molar-refractivity contribution in [1.82, 2.24) is 47.9 Å². The maximum Gasteiger partial charge on any atom is 0.326 e. The van der Waals surface area contributed by atoms with E-state index in [9.17, 15) is 68.1 Å². The lowest BCUT2D eigenvalue weighted by Gasteiger charge is -2.29. The number of aliphatic imine (C=N–C) groups is 1. The fraction of sp³-hybridized carbons (Fsp3) is 0.745. The van der Waals surface area contributed by atoms with Gasteiger partial charge in [0, 0.05) is 12.3 Å². The minimum absolute atomic E-state index is 0.0123. The Balaban J connectivity index is 6.62. The Bertz CT molecular complexity index is 1990. The van der Waals surface area contributed by atoms with E-state index in [-0.39, 0.29) is 82.8 Å². The molecule has 0 aromatic rings. The molecule has 0 bridgehead atoms. The zero-order chi connectivity index (χ0) is 60.0. The lowest BCUT2D eigenvalue weighted by Crippen LogP contribution is -2.61. The van der Waals surface area contributed by atoms with Gasteiger partial charge in [-0.05, 0) is 115 Å². The minimum atomic E-state index is -1.85. The summed E-state index contributed by atoms with van der Waals surface area (Å²) in [6.07, 6.45) is 3.39. The number of carbonyl (C=O) groups is 11. The van der Waals surface area contributed by atoms with Gasteiger partial charge >= 0.3 is 11.9 Å². The number of guanidine groups is 1. The summed E-state index contributed by atoms with van der Waals surface area (Å²) in [5, 5.41) is 51.4. The molecule has 0 fully saturated rings. The molecule has 452 valence electrons. The van der Waals surface area contributed by atoms with Crippen molar-refractivity contribution in [2.75, 3.05) is 57.1 Å². The summed E-state index contributed by atoms with van der Waals surface area (Å²) in [6.45, 7) is 2.52. The topological polar surface area (TPSA) is 525 Å². The summed E-state index contributed by atoms with van der Waals surface area (Å²) in [5.41, 5.74) is 33.8. The molecule has 0 unspecified atom stereocenters. The summed E-state index contributed by atoms with van der Waals surface area (Å²) in [4.78, 5) is 149. The standard InChI is InChI=1S/C47H88N16O14S2/c1-4-26(2)37(63-44(74)34(25-78)56-35(65)23-55-38(68)27(51)16-21-79-3)45(75)60-30(14-7-10-19-50)42(72)62-33(24-64)43(73)59-28(12-5-8-17-48)39(69)58-31(15-11-20-54-47(52)53)40(70)57-29(13-6-9-18-49)41(71)61-32(46(76)77)22-36(66)67/h26-34,37,64,78H,4-25,48-51H2,1-3H3,(H,55,68)(H,56,65)(H,57,70)(H,58,69)(H,59,73)(H,60,75)(H,61,71)(H,62,72)(H,63,74)(H,66,67)(H,76,77)(H4,52,53,54)/t26-,27-,28-,29-,30-,31-,32-,33-,34-,37-/m0/s1. The van der Waals surface area contributed by atoms with Gasteiger partial charge in [-0.1, -0.05) is 20.3 Å². The van der Waals surface area contributed by atoms with Crippen molar-refractivity contribution < 1.29 is 68.1 Å². The Morgan fingerprint density at radius 2 is 0.975 bits per heavy atom. The molecule has 30 nitrogen and oxygen atoms in total. The van der Waals surface area contributed by atoms with Crippen LogP contribution >= 0.6 is 24.4 Å². The van der Waals surface area contributed by atoms with Crippen LogP contribution in [0.2, 0.25) is 0 Å². The van der Waals surface area contributed by atoms with Gasteiger partial charge in [-0.3, -0.25) is 52.9 Å². The number of hydrogen-bond acceptors (Lipinski definition) is 19. The fourth-order valence-electron chi connectivity index (χ4n) is 7.32. The average Bonchev–Trinajstić information content (AvgIpc) is 3.40. The number of rotatable bonds is 44. The molecular weight excluding hydrogens is 1080 g/mol. The number of unbranched alkanes of at least 4 members (excludes halogenated alkanes) is 3. The average molecular weight is 1170 g/mol. The van der Waals surface area contributed by atoms with Crippen LogP contribution in [-0.2, 0) is 52.7 Å². The Morgan fingerprint density at radius 3 is 1.37 bits per heavy atom. The number of carboxylic acids is 2. The van der Waals surface area contributed by atoms with Crippen molar-refractivity contribution in [3.05, 3.63) is 0 Å².